The van der Waals surface area contributed by atoms with Gasteiger partial charge in [-0.1, -0.05) is 6.92 Å². The van der Waals surface area contributed by atoms with E-state index in [9.17, 15) is 9.59 Å². The standard InChI is InChI=1S/C22H19I2NO5/c1-4-5-19(26)29-20-16(24)9-13(11-18(20)28-3)10-17-22(27)30-21(25-17)14-6-7-15(23)12(2)8-14/h6-11H,4-5H2,1-3H3/b17-10-. The highest BCUT2D eigenvalue weighted by molar-refractivity contribution is 14.1. The predicted molar refractivity (Wildman–Crippen MR) is 131 cm³/mol. The van der Waals surface area contributed by atoms with Crippen molar-refractivity contribution >= 4 is 69.1 Å². The number of cyclic esters (lactones) is 1. The zero-order chi connectivity index (χ0) is 21.8. The molecule has 2 aromatic rings. The fraction of sp³-hybridized carbons (Fsp3) is 0.227. The number of esters is 2. The van der Waals surface area contributed by atoms with Gasteiger partial charge in [-0.05, 0) is 106 Å². The maximum atomic E-state index is 12.3. The number of halogens is 2. The summed E-state index contributed by atoms with van der Waals surface area (Å²) in [6, 6.07) is 9.24. The summed E-state index contributed by atoms with van der Waals surface area (Å²) in [5.41, 5.74) is 2.70. The number of methoxy groups -OCH3 is 1. The molecule has 0 saturated heterocycles. The number of rotatable bonds is 6. The third-order valence-corrected chi connectivity index (χ3v) is 6.26. The number of benzene rings is 2. The highest BCUT2D eigenvalue weighted by atomic mass is 127. The van der Waals surface area contributed by atoms with E-state index < -0.39 is 5.97 Å². The SMILES string of the molecule is CCCC(=O)Oc1c(I)cc(/C=C2\N=C(c3ccc(I)c(C)c3)OC2=O)cc1OC. The van der Waals surface area contributed by atoms with Crippen LogP contribution in [0.15, 0.2) is 41.0 Å². The number of aryl methyl sites for hydroxylation is 1. The zero-order valence-electron chi connectivity index (χ0n) is 16.6. The van der Waals surface area contributed by atoms with Crippen molar-refractivity contribution < 1.29 is 23.8 Å². The van der Waals surface area contributed by atoms with Gasteiger partial charge in [0.05, 0.1) is 10.7 Å². The van der Waals surface area contributed by atoms with E-state index in [1.54, 1.807) is 18.2 Å². The van der Waals surface area contributed by atoms with Crippen LogP contribution in [0.5, 0.6) is 11.5 Å². The molecule has 0 radical (unpaired) electrons. The van der Waals surface area contributed by atoms with Crippen molar-refractivity contribution in [3.05, 3.63) is 59.9 Å². The first kappa shape index (κ1) is 22.7. The molecule has 0 spiro atoms. The Kier molecular flexibility index (Phi) is 7.50. The lowest BCUT2D eigenvalue weighted by molar-refractivity contribution is -0.134. The molecule has 0 amide bonds. The molecule has 2 aromatic carbocycles. The highest BCUT2D eigenvalue weighted by Gasteiger charge is 2.25. The average molecular weight is 631 g/mol. The van der Waals surface area contributed by atoms with Gasteiger partial charge < -0.3 is 14.2 Å². The summed E-state index contributed by atoms with van der Waals surface area (Å²) in [5.74, 6) is 0.209. The molecule has 1 heterocycles. The molecule has 6 nitrogen and oxygen atoms in total. The van der Waals surface area contributed by atoms with Gasteiger partial charge in [0.15, 0.2) is 17.2 Å². The minimum atomic E-state index is -0.520. The van der Waals surface area contributed by atoms with Crippen molar-refractivity contribution in [2.24, 2.45) is 4.99 Å². The van der Waals surface area contributed by atoms with Crippen LogP contribution in [0.1, 0.15) is 36.5 Å². The second-order valence-electron chi connectivity index (χ2n) is 6.56. The summed E-state index contributed by atoms with van der Waals surface area (Å²) < 4.78 is 18.0. The van der Waals surface area contributed by atoms with Gasteiger partial charge in [-0.25, -0.2) is 9.79 Å². The largest absolute Gasteiger partial charge is 0.493 e. The van der Waals surface area contributed by atoms with Crippen molar-refractivity contribution in [2.75, 3.05) is 7.11 Å². The average Bonchev–Trinajstić information content (AvgIpc) is 3.06. The Morgan fingerprint density at radius 1 is 1.20 bits per heavy atom. The first-order valence-corrected chi connectivity index (χ1v) is 11.4. The van der Waals surface area contributed by atoms with E-state index >= 15 is 0 Å². The summed E-state index contributed by atoms with van der Waals surface area (Å²) in [4.78, 5) is 28.6. The number of carbonyl (C=O) groups excluding carboxylic acids is 2. The molecule has 156 valence electrons. The van der Waals surface area contributed by atoms with Crippen LogP contribution in [0.3, 0.4) is 0 Å². The first-order valence-electron chi connectivity index (χ1n) is 9.19. The Labute approximate surface area is 202 Å². The van der Waals surface area contributed by atoms with E-state index in [0.717, 1.165) is 14.7 Å². The lowest BCUT2D eigenvalue weighted by atomic mass is 10.1. The van der Waals surface area contributed by atoms with Crippen molar-refractivity contribution in [3.63, 3.8) is 0 Å². The highest BCUT2D eigenvalue weighted by Crippen LogP contribution is 2.35. The molecule has 0 unspecified atom stereocenters. The molecular formula is C22H19I2NO5. The lowest BCUT2D eigenvalue weighted by Crippen LogP contribution is -2.09. The molecule has 0 bridgehead atoms. The first-order chi connectivity index (χ1) is 14.3. The van der Waals surface area contributed by atoms with Gasteiger partial charge >= 0.3 is 11.9 Å². The van der Waals surface area contributed by atoms with Crippen LogP contribution in [0.2, 0.25) is 0 Å². The number of aliphatic imine (C=N–C) groups is 1. The molecule has 0 fully saturated rings. The van der Waals surface area contributed by atoms with E-state index in [1.165, 1.54) is 7.11 Å². The molecule has 0 saturated carbocycles. The van der Waals surface area contributed by atoms with Gasteiger partial charge in [0, 0.05) is 15.6 Å². The molecule has 0 N–H and O–H groups in total. The molecule has 0 atom stereocenters. The monoisotopic (exact) mass is 631 g/mol. The fourth-order valence-corrected chi connectivity index (χ4v) is 3.83. The van der Waals surface area contributed by atoms with Crippen LogP contribution in [0.25, 0.3) is 6.08 Å². The van der Waals surface area contributed by atoms with E-state index in [-0.39, 0.29) is 17.6 Å². The molecule has 1 aliphatic heterocycles. The molecule has 30 heavy (non-hydrogen) atoms. The maximum Gasteiger partial charge on any atom is 0.363 e. The quantitative estimate of drug-likeness (QED) is 0.188. The molecule has 0 aromatic heterocycles. The Morgan fingerprint density at radius 3 is 2.63 bits per heavy atom. The molecule has 1 aliphatic rings. The number of hydrogen-bond donors (Lipinski definition) is 0. The molecule has 0 aliphatic carbocycles. The fourth-order valence-electron chi connectivity index (χ4n) is 2.76. The second-order valence-corrected chi connectivity index (χ2v) is 8.88. The van der Waals surface area contributed by atoms with Crippen LogP contribution in [0, 0.1) is 14.1 Å². The Hall–Kier alpha value is -1.95. The van der Waals surface area contributed by atoms with Crippen molar-refractivity contribution in [1.82, 2.24) is 0 Å². The van der Waals surface area contributed by atoms with Crippen LogP contribution >= 0.6 is 45.2 Å². The van der Waals surface area contributed by atoms with Crippen LogP contribution < -0.4 is 9.47 Å². The number of ether oxygens (including phenoxy) is 3. The predicted octanol–water partition coefficient (Wildman–Crippen LogP) is 5.26. The molecule has 3 rings (SSSR count). The minimum Gasteiger partial charge on any atom is -0.493 e. The minimum absolute atomic E-state index is 0.190. The van der Waals surface area contributed by atoms with E-state index in [2.05, 4.69) is 50.2 Å². The normalized spacial score (nSPS) is 14.5. The van der Waals surface area contributed by atoms with Gasteiger partial charge in [-0.15, -0.1) is 0 Å². The van der Waals surface area contributed by atoms with E-state index in [1.807, 2.05) is 32.0 Å². The third kappa shape index (κ3) is 5.20. The topological polar surface area (TPSA) is 74.2 Å². The lowest BCUT2D eigenvalue weighted by Gasteiger charge is -2.12. The molecule has 8 heteroatoms. The smallest absolute Gasteiger partial charge is 0.363 e. The number of hydrogen-bond acceptors (Lipinski definition) is 6. The Bertz CT molecular complexity index is 1080. The Morgan fingerprint density at radius 2 is 1.97 bits per heavy atom. The second kappa shape index (κ2) is 9.90. The summed E-state index contributed by atoms with van der Waals surface area (Å²) in [6.45, 7) is 3.90. The summed E-state index contributed by atoms with van der Waals surface area (Å²) in [6.07, 6.45) is 2.65. The van der Waals surface area contributed by atoms with Gasteiger partial charge in [0.2, 0.25) is 5.90 Å². The van der Waals surface area contributed by atoms with Gasteiger partial charge in [0.1, 0.15) is 0 Å². The molecular weight excluding hydrogens is 612 g/mol. The Balaban J connectivity index is 1.92. The van der Waals surface area contributed by atoms with Gasteiger partial charge in [-0.2, -0.15) is 0 Å². The van der Waals surface area contributed by atoms with Crippen molar-refractivity contribution in [2.45, 2.75) is 26.7 Å². The summed E-state index contributed by atoms with van der Waals surface area (Å²) in [7, 11) is 1.50. The van der Waals surface area contributed by atoms with Gasteiger partial charge in [-0.3, -0.25) is 4.79 Å². The zero-order valence-corrected chi connectivity index (χ0v) is 20.9. The van der Waals surface area contributed by atoms with Gasteiger partial charge in [0.25, 0.3) is 0 Å². The van der Waals surface area contributed by atoms with Crippen LogP contribution in [0.4, 0.5) is 0 Å². The summed E-state index contributed by atoms with van der Waals surface area (Å²) in [5, 5.41) is 0. The third-order valence-electron chi connectivity index (χ3n) is 4.25. The van der Waals surface area contributed by atoms with E-state index in [4.69, 9.17) is 14.2 Å². The number of nitrogens with zero attached hydrogens (tertiary/aromatic N) is 1. The van der Waals surface area contributed by atoms with Crippen molar-refractivity contribution in [1.29, 1.82) is 0 Å². The van der Waals surface area contributed by atoms with Crippen LogP contribution in [-0.4, -0.2) is 24.9 Å². The maximum absolute atomic E-state index is 12.3. The summed E-state index contributed by atoms with van der Waals surface area (Å²) >= 11 is 4.32. The van der Waals surface area contributed by atoms with Crippen molar-refractivity contribution in [3.8, 4) is 11.5 Å². The van der Waals surface area contributed by atoms with E-state index in [0.29, 0.717) is 33.5 Å². The number of carbonyl (C=O) groups is 2. The van der Waals surface area contributed by atoms with Crippen LogP contribution in [-0.2, 0) is 14.3 Å².